The summed E-state index contributed by atoms with van der Waals surface area (Å²) in [6, 6.07) is 0.360. The Bertz CT molecular complexity index is 313. The van der Waals surface area contributed by atoms with Crippen LogP contribution in [0, 0.1) is 0 Å². The molecule has 0 bridgehead atoms. The van der Waals surface area contributed by atoms with Gasteiger partial charge in [0, 0.05) is 31.1 Å². The largest absolute Gasteiger partial charge is 0.334 e. The molecule has 0 saturated carbocycles. The first-order valence-corrected chi connectivity index (χ1v) is 5.41. The minimum atomic E-state index is -0.00731. The average Bonchev–Trinajstić information content (AvgIpc) is 2.69. The fourth-order valence-corrected chi connectivity index (χ4v) is 1.97. The molecule has 0 spiro atoms. The van der Waals surface area contributed by atoms with Crippen molar-refractivity contribution in [1.82, 2.24) is 19.8 Å². The molecular weight excluding hydrogens is 200 g/mol. The molecule has 1 saturated heterocycles. The van der Waals surface area contributed by atoms with Crippen molar-refractivity contribution in [2.45, 2.75) is 13.0 Å². The molecule has 0 unspecified atom stereocenters. The van der Waals surface area contributed by atoms with Crippen molar-refractivity contribution >= 4 is 17.4 Å². The molecule has 5 nitrogen and oxygen atoms in total. The van der Waals surface area contributed by atoms with Gasteiger partial charge in [-0.15, -0.1) is 5.10 Å². The van der Waals surface area contributed by atoms with Gasteiger partial charge in [0.1, 0.15) is 0 Å². The topological polar surface area (TPSA) is 58.1 Å². The number of nitrogens with one attached hydrogen (secondary N) is 1. The molecule has 2 heterocycles. The number of nitrogens with zero attached hydrogens (tertiary/aromatic N) is 3. The lowest BCUT2D eigenvalue weighted by Gasteiger charge is -2.31. The number of carbonyl (C=O) groups excluding carboxylic acids is 1. The Morgan fingerprint density at radius 2 is 2.64 bits per heavy atom. The number of amides is 1. The summed E-state index contributed by atoms with van der Waals surface area (Å²) >= 11 is 1.21. The molecule has 1 amide bonds. The molecule has 1 N–H and O–H groups in total. The van der Waals surface area contributed by atoms with Crippen LogP contribution in [-0.2, 0) is 0 Å². The van der Waals surface area contributed by atoms with E-state index in [-0.39, 0.29) is 5.91 Å². The van der Waals surface area contributed by atoms with E-state index >= 15 is 0 Å². The van der Waals surface area contributed by atoms with Crippen molar-refractivity contribution in [2.75, 3.05) is 19.6 Å². The highest BCUT2D eigenvalue weighted by atomic mass is 32.1. The first-order chi connectivity index (χ1) is 6.77. The third kappa shape index (κ3) is 1.91. The second-order valence-corrected chi connectivity index (χ2v) is 4.01. The summed E-state index contributed by atoms with van der Waals surface area (Å²) in [6.45, 7) is 4.42. The van der Waals surface area contributed by atoms with Gasteiger partial charge in [-0.3, -0.25) is 4.79 Å². The Kier molecular flexibility index (Phi) is 2.74. The van der Waals surface area contributed by atoms with Crippen molar-refractivity contribution in [3.8, 4) is 0 Å². The lowest BCUT2D eigenvalue weighted by Crippen LogP contribution is -2.51. The molecule has 0 aromatic carbocycles. The van der Waals surface area contributed by atoms with E-state index in [0.717, 1.165) is 19.6 Å². The van der Waals surface area contributed by atoms with Gasteiger partial charge >= 0.3 is 0 Å². The molecule has 1 aromatic rings. The number of piperazine rings is 1. The smallest absolute Gasteiger partial charge is 0.275 e. The fourth-order valence-electron chi connectivity index (χ4n) is 1.54. The highest BCUT2D eigenvalue weighted by Crippen LogP contribution is 2.06. The minimum Gasteiger partial charge on any atom is -0.334 e. The summed E-state index contributed by atoms with van der Waals surface area (Å²) in [6.07, 6.45) is 0. The first-order valence-electron chi connectivity index (χ1n) is 4.57. The fraction of sp³-hybridized carbons (Fsp3) is 0.625. The van der Waals surface area contributed by atoms with Crippen LogP contribution in [0.25, 0.3) is 0 Å². The van der Waals surface area contributed by atoms with Gasteiger partial charge in [-0.1, -0.05) is 4.49 Å². The number of hydrogen-bond acceptors (Lipinski definition) is 5. The van der Waals surface area contributed by atoms with Crippen LogP contribution in [0.5, 0.6) is 0 Å². The molecule has 14 heavy (non-hydrogen) atoms. The first kappa shape index (κ1) is 9.54. The molecule has 1 aliphatic heterocycles. The zero-order valence-electron chi connectivity index (χ0n) is 7.93. The SMILES string of the molecule is C[C@@H]1CN(C(=O)c2csnn2)CCN1. The maximum Gasteiger partial charge on any atom is 0.275 e. The molecule has 0 aliphatic carbocycles. The van der Waals surface area contributed by atoms with E-state index in [4.69, 9.17) is 0 Å². The zero-order chi connectivity index (χ0) is 9.97. The molecular formula is C8H12N4OS. The second-order valence-electron chi connectivity index (χ2n) is 3.40. The molecule has 6 heteroatoms. The van der Waals surface area contributed by atoms with Gasteiger partial charge in [0.05, 0.1) is 0 Å². The summed E-state index contributed by atoms with van der Waals surface area (Å²) in [5.41, 5.74) is 0.462. The van der Waals surface area contributed by atoms with E-state index in [2.05, 4.69) is 21.8 Å². The Morgan fingerprint density at radius 1 is 1.79 bits per heavy atom. The summed E-state index contributed by atoms with van der Waals surface area (Å²) in [7, 11) is 0. The Labute approximate surface area is 86.3 Å². The molecule has 76 valence electrons. The monoisotopic (exact) mass is 212 g/mol. The quantitative estimate of drug-likeness (QED) is 0.710. The standard InChI is InChI=1S/C8H12N4OS/c1-6-4-12(3-2-9-6)8(13)7-5-14-11-10-7/h5-6,9H,2-4H2,1H3/t6-/m1/s1. The van der Waals surface area contributed by atoms with Crippen LogP contribution in [0.2, 0.25) is 0 Å². The second kappa shape index (κ2) is 4.02. The van der Waals surface area contributed by atoms with E-state index in [1.54, 1.807) is 5.38 Å². The summed E-state index contributed by atoms with van der Waals surface area (Å²) < 4.78 is 3.69. The van der Waals surface area contributed by atoms with Gasteiger partial charge in [-0.2, -0.15) is 0 Å². The van der Waals surface area contributed by atoms with E-state index in [1.807, 2.05) is 4.90 Å². The summed E-state index contributed by atoms with van der Waals surface area (Å²) in [4.78, 5) is 13.6. The maximum atomic E-state index is 11.8. The van der Waals surface area contributed by atoms with Crippen molar-refractivity contribution < 1.29 is 4.79 Å². The molecule has 1 aliphatic rings. The normalized spacial score (nSPS) is 22.4. The zero-order valence-corrected chi connectivity index (χ0v) is 8.75. The van der Waals surface area contributed by atoms with Crippen LogP contribution in [0.4, 0.5) is 0 Å². The Balaban J connectivity index is 2.04. The maximum absolute atomic E-state index is 11.8. The Hall–Kier alpha value is -1.01. The van der Waals surface area contributed by atoms with E-state index < -0.39 is 0 Å². The van der Waals surface area contributed by atoms with Crippen molar-refractivity contribution in [2.24, 2.45) is 0 Å². The lowest BCUT2D eigenvalue weighted by atomic mass is 10.2. The van der Waals surface area contributed by atoms with Gasteiger partial charge < -0.3 is 10.2 Å². The van der Waals surface area contributed by atoms with Crippen LogP contribution in [0.1, 0.15) is 17.4 Å². The third-order valence-electron chi connectivity index (χ3n) is 2.24. The number of carbonyl (C=O) groups is 1. The van der Waals surface area contributed by atoms with Crippen molar-refractivity contribution in [1.29, 1.82) is 0 Å². The van der Waals surface area contributed by atoms with Gasteiger partial charge in [0.2, 0.25) is 0 Å². The molecule has 0 radical (unpaired) electrons. The number of rotatable bonds is 1. The van der Waals surface area contributed by atoms with Crippen LogP contribution >= 0.6 is 11.5 Å². The van der Waals surface area contributed by atoms with Crippen LogP contribution in [0.15, 0.2) is 5.38 Å². The number of aromatic nitrogens is 2. The summed E-state index contributed by atoms with van der Waals surface area (Å²) in [5.74, 6) is -0.00731. The van der Waals surface area contributed by atoms with Gasteiger partial charge in [-0.05, 0) is 18.5 Å². The third-order valence-corrected chi connectivity index (χ3v) is 2.74. The molecule has 1 fully saturated rings. The van der Waals surface area contributed by atoms with E-state index in [0.29, 0.717) is 11.7 Å². The van der Waals surface area contributed by atoms with E-state index in [1.165, 1.54) is 11.5 Å². The average molecular weight is 212 g/mol. The predicted molar refractivity (Wildman–Crippen MR) is 53.3 cm³/mol. The minimum absolute atomic E-state index is 0.00731. The van der Waals surface area contributed by atoms with Crippen LogP contribution in [-0.4, -0.2) is 46.1 Å². The lowest BCUT2D eigenvalue weighted by molar-refractivity contribution is 0.0703. The molecule has 2 rings (SSSR count). The predicted octanol–water partition coefficient (Wildman–Crippen LogP) is -0.0280. The van der Waals surface area contributed by atoms with Crippen LogP contribution in [0.3, 0.4) is 0 Å². The highest BCUT2D eigenvalue weighted by molar-refractivity contribution is 7.03. The number of hydrogen-bond donors (Lipinski definition) is 1. The molecule has 1 aromatic heterocycles. The Morgan fingerprint density at radius 3 is 3.29 bits per heavy atom. The van der Waals surface area contributed by atoms with Gasteiger partial charge in [-0.25, -0.2) is 0 Å². The highest BCUT2D eigenvalue weighted by Gasteiger charge is 2.22. The van der Waals surface area contributed by atoms with Crippen molar-refractivity contribution in [3.05, 3.63) is 11.1 Å². The van der Waals surface area contributed by atoms with Crippen LogP contribution < -0.4 is 5.32 Å². The van der Waals surface area contributed by atoms with Crippen molar-refractivity contribution in [3.63, 3.8) is 0 Å². The summed E-state index contributed by atoms with van der Waals surface area (Å²) in [5, 5.41) is 8.75. The molecule has 1 atom stereocenters. The van der Waals surface area contributed by atoms with Gasteiger partial charge in [0.25, 0.3) is 5.91 Å². The van der Waals surface area contributed by atoms with Gasteiger partial charge in [0.15, 0.2) is 5.69 Å². The van der Waals surface area contributed by atoms with E-state index in [9.17, 15) is 4.79 Å².